The van der Waals surface area contributed by atoms with E-state index in [0.717, 1.165) is 30.3 Å². The molecule has 1 N–H and O–H groups in total. The smallest absolute Gasteiger partial charge is 0.106 e. The van der Waals surface area contributed by atoms with Crippen molar-refractivity contribution in [3.8, 4) is 0 Å². The molecule has 1 aromatic heterocycles. The first kappa shape index (κ1) is 11.7. The van der Waals surface area contributed by atoms with Gasteiger partial charge in [0.15, 0.2) is 0 Å². The normalized spacial score (nSPS) is 17.2. The van der Waals surface area contributed by atoms with Gasteiger partial charge in [-0.2, -0.15) is 0 Å². The zero-order valence-corrected chi connectivity index (χ0v) is 11.2. The summed E-state index contributed by atoms with van der Waals surface area (Å²) in [5.74, 6) is 2.03. The van der Waals surface area contributed by atoms with E-state index in [9.17, 15) is 0 Å². The van der Waals surface area contributed by atoms with Gasteiger partial charge in [0.2, 0.25) is 0 Å². The highest BCUT2D eigenvalue weighted by Crippen LogP contribution is 2.32. The third-order valence-electron chi connectivity index (χ3n) is 3.98. The molecule has 1 aliphatic carbocycles. The first-order valence-corrected chi connectivity index (χ1v) is 6.91. The van der Waals surface area contributed by atoms with E-state index < -0.39 is 0 Å². The first-order chi connectivity index (χ1) is 8.75. The number of benzene rings is 1. The standard InChI is InChI=1S/C15H21N3/c1-11(13-7-8-13)16-9-10-18-12(2)17-14-5-3-4-6-15(14)18/h3-6,11,13,16H,7-10H2,1-2H3. The molecule has 3 rings (SSSR count). The second-order valence-corrected chi connectivity index (χ2v) is 5.38. The van der Waals surface area contributed by atoms with Crippen LogP contribution in [0.25, 0.3) is 11.0 Å². The second kappa shape index (κ2) is 4.73. The highest BCUT2D eigenvalue weighted by molar-refractivity contribution is 5.75. The fourth-order valence-corrected chi connectivity index (χ4v) is 2.65. The Kier molecular flexibility index (Phi) is 3.08. The van der Waals surface area contributed by atoms with E-state index in [1.165, 1.54) is 18.4 Å². The molecule has 0 amide bonds. The van der Waals surface area contributed by atoms with Gasteiger partial charge in [-0.15, -0.1) is 0 Å². The van der Waals surface area contributed by atoms with Gasteiger partial charge in [0.05, 0.1) is 11.0 Å². The summed E-state index contributed by atoms with van der Waals surface area (Å²) >= 11 is 0. The molecule has 1 unspecified atom stereocenters. The Morgan fingerprint density at radius 1 is 1.39 bits per heavy atom. The third kappa shape index (κ3) is 2.27. The summed E-state index contributed by atoms with van der Waals surface area (Å²) in [5.41, 5.74) is 2.35. The number of para-hydroxylation sites is 2. The molecule has 0 radical (unpaired) electrons. The average molecular weight is 243 g/mol. The van der Waals surface area contributed by atoms with Crippen molar-refractivity contribution in [3.63, 3.8) is 0 Å². The molecular weight excluding hydrogens is 222 g/mol. The minimum absolute atomic E-state index is 0.667. The number of aromatic nitrogens is 2. The molecule has 96 valence electrons. The number of hydrogen-bond acceptors (Lipinski definition) is 2. The molecule has 3 heteroatoms. The molecule has 1 atom stereocenters. The van der Waals surface area contributed by atoms with Gasteiger partial charge in [0.25, 0.3) is 0 Å². The van der Waals surface area contributed by atoms with Crippen molar-refractivity contribution in [3.05, 3.63) is 30.1 Å². The monoisotopic (exact) mass is 243 g/mol. The maximum Gasteiger partial charge on any atom is 0.106 e. The molecule has 0 spiro atoms. The first-order valence-electron chi connectivity index (χ1n) is 6.91. The Bertz CT molecular complexity index is 540. The van der Waals surface area contributed by atoms with Crippen molar-refractivity contribution >= 4 is 11.0 Å². The van der Waals surface area contributed by atoms with Crippen molar-refractivity contribution in [2.45, 2.75) is 39.3 Å². The van der Waals surface area contributed by atoms with Crippen LogP contribution >= 0.6 is 0 Å². The average Bonchev–Trinajstić information content (AvgIpc) is 3.15. The zero-order chi connectivity index (χ0) is 12.5. The second-order valence-electron chi connectivity index (χ2n) is 5.38. The van der Waals surface area contributed by atoms with Gasteiger partial charge in [-0.05, 0) is 44.7 Å². The van der Waals surface area contributed by atoms with Gasteiger partial charge in [-0.3, -0.25) is 0 Å². The van der Waals surface area contributed by atoms with Crippen LogP contribution in [-0.4, -0.2) is 22.1 Å². The summed E-state index contributed by atoms with van der Waals surface area (Å²) in [6.07, 6.45) is 2.81. The van der Waals surface area contributed by atoms with Crippen molar-refractivity contribution in [1.29, 1.82) is 0 Å². The van der Waals surface area contributed by atoms with Crippen LogP contribution in [0.2, 0.25) is 0 Å². The van der Waals surface area contributed by atoms with Gasteiger partial charge in [0, 0.05) is 19.1 Å². The van der Waals surface area contributed by atoms with E-state index in [1.807, 2.05) is 6.07 Å². The molecule has 0 bridgehead atoms. The number of nitrogens with zero attached hydrogens (tertiary/aromatic N) is 2. The molecule has 1 saturated carbocycles. The Hall–Kier alpha value is -1.35. The SMILES string of the molecule is Cc1nc2ccccc2n1CCNC(C)C1CC1. The van der Waals surface area contributed by atoms with E-state index in [1.54, 1.807) is 0 Å². The summed E-state index contributed by atoms with van der Waals surface area (Å²) in [6.45, 7) is 6.42. The van der Waals surface area contributed by atoms with E-state index in [4.69, 9.17) is 0 Å². The summed E-state index contributed by atoms with van der Waals surface area (Å²) in [7, 11) is 0. The molecule has 2 aromatic rings. The fraction of sp³-hybridized carbons (Fsp3) is 0.533. The summed E-state index contributed by atoms with van der Waals surface area (Å²) < 4.78 is 2.31. The van der Waals surface area contributed by atoms with Gasteiger partial charge < -0.3 is 9.88 Å². The van der Waals surface area contributed by atoms with Crippen LogP contribution in [0, 0.1) is 12.8 Å². The van der Waals surface area contributed by atoms with Crippen LogP contribution in [0.4, 0.5) is 0 Å². The lowest BCUT2D eigenvalue weighted by Crippen LogP contribution is -2.31. The largest absolute Gasteiger partial charge is 0.327 e. The lowest BCUT2D eigenvalue weighted by Gasteiger charge is -2.13. The quantitative estimate of drug-likeness (QED) is 0.875. The van der Waals surface area contributed by atoms with E-state index in [0.29, 0.717) is 6.04 Å². The van der Waals surface area contributed by atoms with Gasteiger partial charge in [-0.25, -0.2) is 4.98 Å². The minimum atomic E-state index is 0.667. The van der Waals surface area contributed by atoms with Gasteiger partial charge in [0.1, 0.15) is 5.82 Å². The van der Waals surface area contributed by atoms with Crippen LogP contribution in [0.1, 0.15) is 25.6 Å². The minimum Gasteiger partial charge on any atom is -0.327 e. The summed E-state index contributed by atoms with van der Waals surface area (Å²) in [6, 6.07) is 9.03. The van der Waals surface area contributed by atoms with E-state index >= 15 is 0 Å². The van der Waals surface area contributed by atoms with Crippen molar-refractivity contribution < 1.29 is 0 Å². The molecule has 1 aromatic carbocycles. The number of aryl methyl sites for hydroxylation is 1. The fourth-order valence-electron chi connectivity index (χ4n) is 2.65. The van der Waals surface area contributed by atoms with E-state index in [-0.39, 0.29) is 0 Å². The van der Waals surface area contributed by atoms with Crippen LogP contribution < -0.4 is 5.32 Å². The number of hydrogen-bond donors (Lipinski definition) is 1. The Balaban J connectivity index is 1.68. The highest BCUT2D eigenvalue weighted by Gasteiger charge is 2.27. The number of nitrogens with one attached hydrogen (secondary N) is 1. The lowest BCUT2D eigenvalue weighted by atomic mass is 10.2. The lowest BCUT2D eigenvalue weighted by molar-refractivity contribution is 0.476. The molecule has 1 heterocycles. The van der Waals surface area contributed by atoms with Gasteiger partial charge >= 0.3 is 0 Å². The van der Waals surface area contributed by atoms with Crippen LogP contribution in [-0.2, 0) is 6.54 Å². The molecule has 1 aliphatic rings. The maximum atomic E-state index is 4.59. The van der Waals surface area contributed by atoms with Gasteiger partial charge in [-0.1, -0.05) is 12.1 Å². The van der Waals surface area contributed by atoms with E-state index in [2.05, 4.69) is 46.9 Å². The predicted molar refractivity (Wildman–Crippen MR) is 74.7 cm³/mol. The molecule has 1 fully saturated rings. The number of rotatable bonds is 5. The topological polar surface area (TPSA) is 29.9 Å². The Morgan fingerprint density at radius 3 is 2.94 bits per heavy atom. The predicted octanol–water partition coefficient (Wildman–Crippen LogP) is 2.73. The molecule has 18 heavy (non-hydrogen) atoms. The number of fused-ring (bicyclic) bond motifs is 1. The zero-order valence-electron chi connectivity index (χ0n) is 11.2. The number of imidazole rings is 1. The molecule has 0 saturated heterocycles. The molecule has 3 nitrogen and oxygen atoms in total. The van der Waals surface area contributed by atoms with Crippen molar-refractivity contribution in [1.82, 2.24) is 14.9 Å². The summed E-state index contributed by atoms with van der Waals surface area (Å²) in [5, 5.41) is 3.63. The Morgan fingerprint density at radius 2 is 2.17 bits per heavy atom. The summed E-state index contributed by atoms with van der Waals surface area (Å²) in [4.78, 5) is 4.59. The maximum absolute atomic E-state index is 4.59. The molecule has 0 aliphatic heterocycles. The van der Waals surface area contributed by atoms with Crippen molar-refractivity contribution in [2.24, 2.45) is 5.92 Å². The molecular formula is C15H21N3. The highest BCUT2D eigenvalue weighted by atomic mass is 15.1. The van der Waals surface area contributed by atoms with Crippen molar-refractivity contribution in [2.75, 3.05) is 6.54 Å². The van der Waals surface area contributed by atoms with Crippen LogP contribution in [0.5, 0.6) is 0 Å². The Labute approximate surface area is 108 Å². The van der Waals surface area contributed by atoms with Crippen LogP contribution in [0.15, 0.2) is 24.3 Å². The van der Waals surface area contributed by atoms with Crippen LogP contribution in [0.3, 0.4) is 0 Å². The third-order valence-corrected chi connectivity index (χ3v) is 3.98.